The average Bonchev–Trinajstić information content (AvgIpc) is 2.69. The minimum atomic E-state index is -0.564. The van der Waals surface area contributed by atoms with Crippen molar-refractivity contribution in [3.63, 3.8) is 0 Å². The van der Waals surface area contributed by atoms with Gasteiger partial charge in [-0.1, -0.05) is 6.07 Å². The zero-order valence-electron chi connectivity index (χ0n) is 9.98. The molecule has 0 bridgehead atoms. The summed E-state index contributed by atoms with van der Waals surface area (Å²) in [7, 11) is 0. The largest absolute Gasteiger partial charge is 0.323 e. The molecule has 3 rings (SSSR count). The molecular formula is C14H11F2N3. The first-order valence-electron chi connectivity index (χ1n) is 5.78. The molecule has 3 nitrogen and oxygen atoms in total. The first-order chi connectivity index (χ1) is 9.11. The normalized spacial score (nSPS) is 11.1. The van der Waals surface area contributed by atoms with Gasteiger partial charge in [0.25, 0.3) is 0 Å². The van der Waals surface area contributed by atoms with E-state index in [0.717, 1.165) is 22.5 Å². The van der Waals surface area contributed by atoms with E-state index in [4.69, 9.17) is 5.84 Å². The van der Waals surface area contributed by atoms with Crippen LogP contribution in [0.1, 0.15) is 11.1 Å². The fourth-order valence-electron chi connectivity index (χ4n) is 2.16. The molecule has 3 aromatic rings. The Labute approximate surface area is 108 Å². The number of aromatic nitrogens is 2. The SMILES string of the molecule is Nn1ncc2cc(Cc3cc(F)cc(F)c3)ccc21. The third-order valence-electron chi connectivity index (χ3n) is 2.99. The number of rotatable bonds is 2. The van der Waals surface area contributed by atoms with Gasteiger partial charge in [0.15, 0.2) is 0 Å². The van der Waals surface area contributed by atoms with Gasteiger partial charge in [0.2, 0.25) is 0 Å². The van der Waals surface area contributed by atoms with Crippen LogP contribution < -0.4 is 5.84 Å². The lowest BCUT2D eigenvalue weighted by atomic mass is 10.0. The van der Waals surface area contributed by atoms with Gasteiger partial charge in [-0.25, -0.2) is 8.78 Å². The van der Waals surface area contributed by atoms with Gasteiger partial charge < -0.3 is 5.84 Å². The van der Waals surface area contributed by atoms with Crippen molar-refractivity contribution < 1.29 is 8.78 Å². The zero-order valence-corrected chi connectivity index (χ0v) is 9.98. The van der Waals surface area contributed by atoms with Crippen LogP contribution in [0.2, 0.25) is 0 Å². The van der Waals surface area contributed by atoms with Crippen molar-refractivity contribution >= 4 is 10.9 Å². The minimum Gasteiger partial charge on any atom is -0.323 e. The maximum Gasteiger partial charge on any atom is 0.126 e. The molecular weight excluding hydrogens is 248 g/mol. The number of benzene rings is 2. The Morgan fingerprint density at radius 3 is 2.47 bits per heavy atom. The Bertz CT molecular complexity index is 729. The maximum absolute atomic E-state index is 13.1. The van der Waals surface area contributed by atoms with Crippen molar-refractivity contribution in [3.8, 4) is 0 Å². The average molecular weight is 259 g/mol. The van der Waals surface area contributed by atoms with Crippen LogP contribution in [0, 0.1) is 11.6 Å². The maximum atomic E-state index is 13.1. The van der Waals surface area contributed by atoms with E-state index in [2.05, 4.69) is 5.10 Å². The molecule has 0 aliphatic carbocycles. The molecule has 1 heterocycles. The van der Waals surface area contributed by atoms with Gasteiger partial charge in [0.1, 0.15) is 11.6 Å². The fraction of sp³-hybridized carbons (Fsp3) is 0.0714. The Kier molecular flexibility index (Phi) is 2.67. The Morgan fingerprint density at radius 2 is 1.74 bits per heavy atom. The number of hydrogen-bond donors (Lipinski definition) is 1. The predicted octanol–water partition coefficient (Wildman–Crippen LogP) is 2.62. The number of fused-ring (bicyclic) bond motifs is 1. The lowest BCUT2D eigenvalue weighted by Crippen LogP contribution is -2.08. The van der Waals surface area contributed by atoms with Gasteiger partial charge in [0, 0.05) is 11.5 Å². The second-order valence-corrected chi connectivity index (χ2v) is 4.44. The van der Waals surface area contributed by atoms with Crippen molar-refractivity contribution in [1.82, 2.24) is 9.89 Å². The molecule has 0 aliphatic heterocycles. The zero-order chi connectivity index (χ0) is 13.4. The van der Waals surface area contributed by atoms with Crippen LogP contribution >= 0.6 is 0 Å². The topological polar surface area (TPSA) is 43.8 Å². The van der Waals surface area contributed by atoms with Gasteiger partial charge in [0.05, 0.1) is 11.7 Å². The van der Waals surface area contributed by atoms with E-state index in [1.807, 2.05) is 18.2 Å². The summed E-state index contributed by atoms with van der Waals surface area (Å²) >= 11 is 0. The van der Waals surface area contributed by atoms with E-state index >= 15 is 0 Å². The third-order valence-corrected chi connectivity index (χ3v) is 2.99. The van der Waals surface area contributed by atoms with E-state index in [1.54, 1.807) is 6.20 Å². The molecule has 0 saturated carbocycles. The van der Waals surface area contributed by atoms with Crippen LogP contribution in [0.4, 0.5) is 8.78 Å². The Balaban J connectivity index is 1.96. The smallest absolute Gasteiger partial charge is 0.126 e. The van der Waals surface area contributed by atoms with Crippen LogP contribution in [0.15, 0.2) is 42.6 Å². The van der Waals surface area contributed by atoms with Gasteiger partial charge in [-0.3, -0.25) is 0 Å². The van der Waals surface area contributed by atoms with E-state index in [0.29, 0.717) is 12.0 Å². The quantitative estimate of drug-likeness (QED) is 0.719. The van der Waals surface area contributed by atoms with Crippen LogP contribution in [0.3, 0.4) is 0 Å². The molecule has 0 unspecified atom stereocenters. The van der Waals surface area contributed by atoms with Crippen molar-refractivity contribution in [2.24, 2.45) is 0 Å². The van der Waals surface area contributed by atoms with E-state index in [1.165, 1.54) is 16.9 Å². The summed E-state index contributed by atoms with van der Waals surface area (Å²) in [5.41, 5.74) is 2.36. The minimum absolute atomic E-state index is 0.459. The summed E-state index contributed by atoms with van der Waals surface area (Å²) < 4.78 is 26.2. The van der Waals surface area contributed by atoms with Gasteiger partial charge >= 0.3 is 0 Å². The van der Waals surface area contributed by atoms with Crippen LogP contribution in [0.5, 0.6) is 0 Å². The summed E-state index contributed by atoms with van der Waals surface area (Å²) in [5.74, 6) is 4.50. The summed E-state index contributed by atoms with van der Waals surface area (Å²) in [6, 6.07) is 9.16. The summed E-state index contributed by atoms with van der Waals surface area (Å²) in [6.45, 7) is 0. The highest BCUT2D eigenvalue weighted by molar-refractivity contribution is 5.79. The van der Waals surface area contributed by atoms with Crippen molar-refractivity contribution in [2.75, 3.05) is 5.84 Å². The second-order valence-electron chi connectivity index (χ2n) is 4.44. The standard InChI is InChI=1S/C14H11F2N3/c15-12-5-10(6-13(16)7-12)3-9-1-2-14-11(4-9)8-18-19(14)17/h1-2,4-8H,3,17H2. The Morgan fingerprint density at radius 1 is 1.00 bits per heavy atom. The number of nitrogen functional groups attached to an aromatic ring is 1. The molecule has 0 amide bonds. The Hall–Kier alpha value is -2.43. The van der Waals surface area contributed by atoms with E-state index < -0.39 is 11.6 Å². The molecule has 0 radical (unpaired) electrons. The van der Waals surface area contributed by atoms with E-state index in [9.17, 15) is 8.78 Å². The molecule has 0 aliphatic rings. The molecule has 0 fully saturated rings. The lowest BCUT2D eigenvalue weighted by molar-refractivity contribution is 0.580. The number of hydrogen-bond acceptors (Lipinski definition) is 2. The van der Waals surface area contributed by atoms with Gasteiger partial charge in [-0.15, -0.1) is 0 Å². The first kappa shape index (κ1) is 11.6. The molecule has 0 saturated heterocycles. The second kappa shape index (κ2) is 4.35. The van der Waals surface area contributed by atoms with Crippen molar-refractivity contribution in [3.05, 3.63) is 65.4 Å². The molecule has 1 aromatic heterocycles. The van der Waals surface area contributed by atoms with Gasteiger partial charge in [-0.2, -0.15) is 9.89 Å². The van der Waals surface area contributed by atoms with E-state index in [-0.39, 0.29) is 0 Å². The predicted molar refractivity (Wildman–Crippen MR) is 69.0 cm³/mol. The fourth-order valence-corrected chi connectivity index (χ4v) is 2.16. The molecule has 5 heteroatoms. The lowest BCUT2D eigenvalue weighted by Gasteiger charge is -2.03. The number of nitrogens with zero attached hydrogens (tertiary/aromatic N) is 2. The third kappa shape index (κ3) is 2.27. The highest BCUT2D eigenvalue weighted by Crippen LogP contribution is 2.18. The molecule has 96 valence electrons. The highest BCUT2D eigenvalue weighted by Gasteiger charge is 2.05. The van der Waals surface area contributed by atoms with Crippen molar-refractivity contribution in [1.29, 1.82) is 0 Å². The van der Waals surface area contributed by atoms with Crippen molar-refractivity contribution in [2.45, 2.75) is 6.42 Å². The molecule has 2 aromatic carbocycles. The summed E-state index contributed by atoms with van der Waals surface area (Å²) in [4.78, 5) is 1.29. The number of nitrogens with two attached hydrogens (primary N) is 1. The molecule has 2 N–H and O–H groups in total. The summed E-state index contributed by atoms with van der Waals surface area (Å²) in [5, 5.41) is 4.85. The number of halogens is 2. The first-order valence-corrected chi connectivity index (χ1v) is 5.78. The van der Waals surface area contributed by atoms with Crippen LogP contribution in [-0.2, 0) is 6.42 Å². The molecule has 0 spiro atoms. The van der Waals surface area contributed by atoms with Gasteiger partial charge in [-0.05, 0) is 41.8 Å². The van der Waals surface area contributed by atoms with Crippen LogP contribution in [0.25, 0.3) is 10.9 Å². The molecule has 0 atom stereocenters. The highest BCUT2D eigenvalue weighted by atomic mass is 19.1. The summed E-state index contributed by atoms with van der Waals surface area (Å²) in [6.07, 6.45) is 2.12. The van der Waals surface area contributed by atoms with Crippen LogP contribution in [-0.4, -0.2) is 9.89 Å². The monoisotopic (exact) mass is 259 g/mol. The molecule has 19 heavy (non-hydrogen) atoms.